The predicted molar refractivity (Wildman–Crippen MR) is 100 cm³/mol. The molecule has 0 fully saturated rings. The van der Waals surface area contributed by atoms with E-state index in [1.54, 1.807) is 30.3 Å². The average molecular weight is 363 g/mol. The number of rotatable bonds is 9. The SMILES string of the molecule is CCCN(CCC)c1ccc(NC(=O)COc2ccc(Cl)cc2)nn1. The average Bonchev–Trinajstić information content (AvgIpc) is 2.62. The maximum absolute atomic E-state index is 11.9. The van der Waals surface area contributed by atoms with Gasteiger partial charge in [-0.05, 0) is 49.2 Å². The Bertz CT molecular complexity index is 656. The number of hydrogen-bond acceptors (Lipinski definition) is 5. The molecule has 2 rings (SSSR count). The molecule has 0 aliphatic carbocycles. The molecule has 134 valence electrons. The van der Waals surface area contributed by atoms with Crippen molar-refractivity contribution < 1.29 is 9.53 Å². The van der Waals surface area contributed by atoms with Crippen LogP contribution in [0.2, 0.25) is 5.02 Å². The van der Waals surface area contributed by atoms with Crippen molar-refractivity contribution in [1.29, 1.82) is 0 Å². The van der Waals surface area contributed by atoms with Crippen LogP contribution in [0.25, 0.3) is 0 Å². The Balaban J connectivity index is 1.87. The topological polar surface area (TPSA) is 67.4 Å². The number of benzene rings is 1. The van der Waals surface area contributed by atoms with E-state index < -0.39 is 0 Å². The Morgan fingerprint density at radius 3 is 2.32 bits per heavy atom. The molecular formula is C18H23ClN4O2. The summed E-state index contributed by atoms with van der Waals surface area (Å²) >= 11 is 5.80. The minimum atomic E-state index is -0.295. The third-order valence-corrected chi connectivity index (χ3v) is 3.66. The maximum atomic E-state index is 11.9. The van der Waals surface area contributed by atoms with Gasteiger partial charge in [-0.15, -0.1) is 10.2 Å². The lowest BCUT2D eigenvalue weighted by Crippen LogP contribution is -2.26. The zero-order chi connectivity index (χ0) is 18.1. The van der Waals surface area contributed by atoms with Crippen LogP contribution < -0.4 is 15.0 Å². The monoisotopic (exact) mass is 362 g/mol. The molecule has 0 aliphatic heterocycles. The fraction of sp³-hybridized carbons (Fsp3) is 0.389. The van der Waals surface area contributed by atoms with E-state index in [4.69, 9.17) is 16.3 Å². The van der Waals surface area contributed by atoms with Crippen molar-refractivity contribution in [3.8, 4) is 5.75 Å². The van der Waals surface area contributed by atoms with Crippen LogP contribution >= 0.6 is 11.6 Å². The number of amides is 1. The second-order valence-electron chi connectivity index (χ2n) is 5.55. The second kappa shape index (κ2) is 9.84. The van der Waals surface area contributed by atoms with Crippen LogP contribution in [0.1, 0.15) is 26.7 Å². The summed E-state index contributed by atoms with van der Waals surface area (Å²) in [5.74, 6) is 1.51. The minimum Gasteiger partial charge on any atom is -0.484 e. The highest BCUT2D eigenvalue weighted by Crippen LogP contribution is 2.16. The van der Waals surface area contributed by atoms with E-state index in [0.29, 0.717) is 16.6 Å². The van der Waals surface area contributed by atoms with Crippen molar-refractivity contribution in [2.24, 2.45) is 0 Å². The molecular weight excluding hydrogens is 340 g/mol. The summed E-state index contributed by atoms with van der Waals surface area (Å²) in [7, 11) is 0. The summed E-state index contributed by atoms with van der Waals surface area (Å²) in [6.07, 6.45) is 2.09. The Morgan fingerprint density at radius 2 is 1.76 bits per heavy atom. The molecule has 2 aromatic rings. The third kappa shape index (κ3) is 6.23. The fourth-order valence-corrected chi connectivity index (χ4v) is 2.43. The van der Waals surface area contributed by atoms with Crippen LogP contribution in [0, 0.1) is 0 Å². The van der Waals surface area contributed by atoms with E-state index in [9.17, 15) is 4.79 Å². The quantitative estimate of drug-likeness (QED) is 0.735. The zero-order valence-corrected chi connectivity index (χ0v) is 15.3. The van der Waals surface area contributed by atoms with Gasteiger partial charge in [0.15, 0.2) is 18.2 Å². The first-order valence-electron chi connectivity index (χ1n) is 8.39. The van der Waals surface area contributed by atoms with E-state index in [1.807, 2.05) is 6.07 Å². The van der Waals surface area contributed by atoms with Crippen molar-refractivity contribution in [2.75, 3.05) is 29.9 Å². The van der Waals surface area contributed by atoms with Gasteiger partial charge in [0.2, 0.25) is 0 Å². The molecule has 0 saturated carbocycles. The molecule has 1 amide bonds. The van der Waals surface area contributed by atoms with Crippen molar-refractivity contribution in [1.82, 2.24) is 10.2 Å². The number of anilines is 2. The minimum absolute atomic E-state index is 0.108. The summed E-state index contributed by atoms with van der Waals surface area (Å²) in [6.45, 7) is 6.02. The van der Waals surface area contributed by atoms with E-state index in [1.165, 1.54) is 0 Å². The molecule has 7 heteroatoms. The molecule has 0 radical (unpaired) electrons. The van der Waals surface area contributed by atoms with Gasteiger partial charge in [0, 0.05) is 18.1 Å². The fourth-order valence-electron chi connectivity index (χ4n) is 2.30. The highest BCUT2D eigenvalue weighted by atomic mass is 35.5. The van der Waals surface area contributed by atoms with Gasteiger partial charge in [-0.1, -0.05) is 25.4 Å². The number of nitrogens with zero attached hydrogens (tertiary/aromatic N) is 3. The summed E-state index contributed by atoms with van der Waals surface area (Å²) in [6, 6.07) is 10.4. The van der Waals surface area contributed by atoms with Gasteiger partial charge < -0.3 is 15.0 Å². The molecule has 1 N–H and O–H groups in total. The molecule has 1 aromatic heterocycles. The van der Waals surface area contributed by atoms with Crippen LogP contribution in [0.4, 0.5) is 11.6 Å². The number of nitrogens with one attached hydrogen (secondary N) is 1. The number of carbonyl (C=O) groups is 1. The standard InChI is InChI=1S/C18H23ClN4O2/c1-3-11-23(12-4-2)17-10-9-16(21-22-17)20-18(24)13-25-15-7-5-14(19)6-8-15/h5-10H,3-4,11-13H2,1-2H3,(H,20,21,24). The molecule has 0 spiro atoms. The lowest BCUT2D eigenvalue weighted by atomic mass is 10.3. The molecule has 1 heterocycles. The van der Waals surface area contributed by atoms with Crippen molar-refractivity contribution in [2.45, 2.75) is 26.7 Å². The van der Waals surface area contributed by atoms with Crippen molar-refractivity contribution >= 4 is 29.1 Å². The maximum Gasteiger partial charge on any atom is 0.263 e. The Kier molecular flexibility index (Phi) is 7.47. The van der Waals surface area contributed by atoms with E-state index in [-0.39, 0.29) is 12.5 Å². The first kappa shape index (κ1) is 19.0. The number of halogens is 1. The smallest absolute Gasteiger partial charge is 0.263 e. The molecule has 0 aliphatic rings. The highest BCUT2D eigenvalue weighted by molar-refractivity contribution is 6.30. The van der Waals surface area contributed by atoms with E-state index in [2.05, 4.69) is 34.3 Å². The van der Waals surface area contributed by atoms with Crippen LogP contribution in [-0.4, -0.2) is 35.8 Å². The van der Waals surface area contributed by atoms with Gasteiger partial charge >= 0.3 is 0 Å². The van der Waals surface area contributed by atoms with Crippen molar-refractivity contribution in [3.05, 3.63) is 41.4 Å². The van der Waals surface area contributed by atoms with Gasteiger partial charge in [-0.3, -0.25) is 4.79 Å². The lowest BCUT2D eigenvalue weighted by Gasteiger charge is -2.21. The lowest BCUT2D eigenvalue weighted by molar-refractivity contribution is -0.118. The Morgan fingerprint density at radius 1 is 1.08 bits per heavy atom. The van der Waals surface area contributed by atoms with Crippen molar-refractivity contribution in [3.63, 3.8) is 0 Å². The second-order valence-corrected chi connectivity index (χ2v) is 5.99. The Labute approximate surface area is 153 Å². The van der Waals surface area contributed by atoms with Gasteiger partial charge in [-0.25, -0.2) is 0 Å². The number of ether oxygens (including phenoxy) is 1. The number of aromatic nitrogens is 2. The first-order valence-corrected chi connectivity index (χ1v) is 8.77. The van der Waals surface area contributed by atoms with Crippen LogP contribution in [0.15, 0.2) is 36.4 Å². The summed E-state index contributed by atoms with van der Waals surface area (Å²) in [5, 5.41) is 11.6. The Hall–Kier alpha value is -2.34. The molecule has 0 unspecified atom stereocenters. The summed E-state index contributed by atoms with van der Waals surface area (Å²) in [5.41, 5.74) is 0. The van der Waals surface area contributed by atoms with E-state index in [0.717, 1.165) is 31.7 Å². The van der Waals surface area contributed by atoms with Gasteiger partial charge in [0.05, 0.1) is 0 Å². The summed E-state index contributed by atoms with van der Waals surface area (Å²) in [4.78, 5) is 14.1. The molecule has 25 heavy (non-hydrogen) atoms. The molecule has 0 atom stereocenters. The van der Waals surface area contributed by atoms with Gasteiger partial charge in [-0.2, -0.15) is 0 Å². The highest BCUT2D eigenvalue weighted by Gasteiger charge is 2.09. The summed E-state index contributed by atoms with van der Waals surface area (Å²) < 4.78 is 5.39. The van der Waals surface area contributed by atoms with Crippen LogP contribution in [0.3, 0.4) is 0 Å². The van der Waals surface area contributed by atoms with Gasteiger partial charge in [0.25, 0.3) is 5.91 Å². The first-order chi connectivity index (χ1) is 12.1. The molecule has 6 nitrogen and oxygen atoms in total. The zero-order valence-electron chi connectivity index (χ0n) is 14.5. The van der Waals surface area contributed by atoms with Crippen LogP contribution in [-0.2, 0) is 4.79 Å². The van der Waals surface area contributed by atoms with E-state index >= 15 is 0 Å². The third-order valence-electron chi connectivity index (χ3n) is 3.41. The molecule has 0 bridgehead atoms. The molecule has 0 saturated heterocycles. The molecule has 1 aromatic carbocycles. The largest absolute Gasteiger partial charge is 0.484 e. The number of carbonyl (C=O) groups excluding carboxylic acids is 1. The van der Waals surface area contributed by atoms with Gasteiger partial charge in [0.1, 0.15) is 5.75 Å². The normalized spacial score (nSPS) is 10.4. The van der Waals surface area contributed by atoms with Crippen LogP contribution in [0.5, 0.6) is 5.75 Å². The number of hydrogen-bond donors (Lipinski definition) is 1. The predicted octanol–water partition coefficient (Wildman–Crippen LogP) is 3.77.